The Balaban J connectivity index is 1.53. The van der Waals surface area contributed by atoms with E-state index >= 15 is 0 Å². The van der Waals surface area contributed by atoms with Crippen molar-refractivity contribution in [2.75, 3.05) is 6.61 Å². The Morgan fingerprint density at radius 2 is 1.66 bits per heavy atom. The maximum atomic E-state index is 12.1. The summed E-state index contributed by atoms with van der Waals surface area (Å²) in [6.45, 7) is -0.246. The molecule has 2 amide bonds. The van der Waals surface area contributed by atoms with Gasteiger partial charge in [-0.3, -0.25) is 20.4 Å². The van der Waals surface area contributed by atoms with Crippen LogP contribution in [0.2, 0.25) is 0 Å². The second kappa shape index (κ2) is 9.72. The maximum absolute atomic E-state index is 12.1. The van der Waals surface area contributed by atoms with Crippen LogP contribution in [0.4, 0.5) is 0 Å². The van der Waals surface area contributed by atoms with Crippen LogP contribution in [0, 0.1) is 11.3 Å². The number of hydrazine groups is 1. The molecule has 0 unspecified atom stereocenters. The van der Waals surface area contributed by atoms with Gasteiger partial charge in [-0.25, -0.2) is 0 Å². The smallest absolute Gasteiger partial charge is 0.276 e. The molecule has 0 aliphatic rings. The fraction of sp³-hybridized carbons (Fsp3) is 0.0870. The second-order valence-electron chi connectivity index (χ2n) is 6.25. The summed E-state index contributed by atoms with van der Waals surface area (Å²) in [4.78, 5) is 24.1. The minimum atomic E-state index is -0.514. The number of carbonyl (C=O) groups is 2. The topological polar surface area (TPSA) is 91.2 Å². The highest BCUT2D eigenvalue weighted by atomic mass is 16.5. The molecule has 3 aromatic carbocycles. The quantitative estimate of drug-likeness (QED) is 0.638. The molecule has 0 radical (unpaired) electrons. The number of carbonyl (C=O) groups excluding carboxylic acids is 2. The van der Waals surface area contributed by atoms with Crippen molar-refractivity contribution in [1.82, 2.24) is 10.9 Å². The first-order chi connectivity index (χ1) is 14.2. The predicted octanol–water partition coefficient (Wildman–Crippen LogP) is 2.99. The van der Waals surface area contributed by atoms with E-state index in [-0.39, 0.29) is 12.2 Å². The molecule has 3 rings (SSSR count). The SMILES string of the molecule is N#Cc1cccc(C(=O)NNC(=O)COc2ccccc2Cc2ccccc2)c1. The van der Waals surface area contributed by atoms with E-state index in [4.69, 9.17) is 10.00 Å². The molecule has 0 aliphatic heterocycles. The van der Waals surface area contributed by atoms with E-state index in [2.05, 4.69) is 10.9 Å². The number of benzene rings is 3. The third kappa shape index (κ3) is 5.68. The summed E-state index contributed by atoms with van der Waals surface area (Å²) >= 11 is 0. The zero-order valence-corrected chi connectivity index (χ0v) is 15.6. The molecular weight excluding hydrogens is 366 g/mol. The minimum Gasteiger partial charge on any atom is -0.483 e. The van der Waals surface area contributed by atoms with Crippen LogP contribution in [0.3, 0.4) is 0 Å². The van der Waals surface area contributed by atoms with E-state index in [0.29, 0.717) is 17.7 Å². The van der Waals surface area contributed by atoms with E-state index < -0.39 is 11.8 Å². The molecule has 3 aromatic rings. The Hall–Kier alpha value is -4.11. The van der Waals surface area contributed by atoms with E-state index in [1.54, 1.807) is 24.3 Å². The molecule has 0 aromatic heterocycles. The summed E-state index contributed by atoms with van der Waals surface area (Å²) in [7, 11) is 0. The zero-order valence-electron chi connectivity index (χ0n) is 15.6. The normalized spacial score (nSPS) is 9.90. The lowest BCUT2D eigenvalue weighted by Gasteiger charge is -2.12. The summed E-state index contributed by atoms with van der Waals surface area (Å²) in [6, 6.07) is 25.6. The fourth-order valence-corrected chi connectivity index (χ4v) is 2.71. The molecule has 0 atom stereocenters. The molecule has 6 heteroatoms. The number of amides is 2. The molecule has 0 saturated heterocycles. The molecule has 0 saturated carbocycles. The highest BCUT2D eigenvalue weighted by Gasteiger charge is 2.10. The van der Waals surface area contributed by atoms with Crippen LogP contribution in [0.5, 0.6) is 5.75 Å². The highest BCUT2D eigenvalue weighted by molar-refractivity contribution is 5.95. The van der Waals surface area contributed by atoms with Gasteiger partial charge in [0, 0.05) is 12.0 Å². The summed E-state index contributed by atoms with van der Waals surface area (Å²) in [6.07, 6.45) is 0.685. The molecule has 0 spiro atoms. The van der Waals surface area contributed by atoms with E-state index in [9.17, 15) is 9.59 Å². The third-order valence-electron chi connectivity index (χ3n) is 4.14. The lowest BCUT2D eigenvalue weighted by atomic mass is 10.0. The van der Waals surface area contributed by atoms with Gasteiger partial charge in [-0.1, -0.05) is 54.6 Å². The molecule has 144 valence electrons. The third-order valence-corrected chi connectivity index (χ3v) is 4.14. The molecule has 0 bridgehead atoms. The van der Waals surface area contributed by atoms with E-state index in [1.165, 1.54) is 6.07 Å². The number of hydrogen-bond acceptors (Lipinski definition) is 4. The summed E-state index contributed by atoms with van der Waals surface area (Å²) in [5.74, 6) is -0.399. The van der Waals surface area contributed by atoms with Crippen LogP contribution in [-0.2, 0) is 11.2 Å². The molecular formula is C23H19N3O3. The first kappa shape index (κ1) is 19.6. The minimum absolute atomic E-state index is 0.246. The number of hydrogen-bond donors (Lipinski definition) is 2. The van der Waals surface area contributed by atoms with Crippen LogP contribution in [-0.4, -0.2) is 18.4 Å². The van der Waals surface area contributed by atoms with Gasteiger partial charge in [-0.15, -0.1) is 0 Å². The van der Waals surface area contributed by atoms with Gasteiger partial charge < -0.3 is 4.74 Å². The summed E-state index contributed by atoms with van der Waals surface area (Å²) in [5.41, 5.74) is 7.36. The average Bonchev–Trinajstić information content (AvgIpc) is 2.77. The van der Waals surface area contributed by atoms with Gasteiger partial charge in [0.2, 0.25) is 0 Å². The standard InChI is InChI=1S/C23H19N3O3/c24-15-18-9-6-11-20(14-18)23(28)26-25-22(27)16-29-21-12-5-4-10-19(21)13-17-7-2-1-3-8-17/h1-12,14H,13,16H2,(H,25,27)(H,26,28). The number of nitrogens with one attached hydrogen (secondary N) is 2. The van der Waals surface area contributed by atoms with Crippen LogP contribution in [0.1, 0.15) is 27.0 Å². The van der Waals surface area contributed by atoms with Crippen LogP contribution >= 0.6 is 0 Å². The Kier molecular flexibility index (Phi) is 6.58. The van der Waals surface area contributed by atoms with Crippen LogP contribution in [0.25, 0.3) is 0 Å². The van der Waals surface area contributed by atoms with E-state index in [0.717, 1.165) is 11.1 Å². The predicted molar refractivity (Wildman–Crippen MR) is 108 cm³/mol. The van der Waals surface area contributed by atoms with E-state index in [1.807, 2.05) is 54.6 Å². The molecule has 0 fully saturated rings. The molecule has 6 nitrogen and oxygen atoms in total. The van der Waals surface area contributed by atoms with Crippen molar-refractivity contribution in [2.45, 2.75) is 6.42 Å². The van der Waals surface area contributed by atoms with Gasteiger partial charge in [0.25, 0.3) is 11.8 Å². The van der Waals surface area contributed by atoms with Gasteiger partial charge in [0.15, 0.2) is 6.61 Å². The fourth-order valence-electron chi connectivity index (χ4n) is 2.71. The van der Waals surface area contributed by atoms with Crippen molar-refractivity contribution < 1.29 is 14.3 Å². The van der Waals surface area contributed by atoms with Crippen molar-refractivity contribution in [2.24, 2.45) is 0 Å². The Bertz CT molecular complexity index is 1040. The maximum Gasteiger partial charge on any atom is 0.276 e. The van der Waals surface area contributed by atoms with Crippen molar-refractivity contribution in [1.29, 1.82) is 5.26 Å². The van der Waals surface area contributed by atoms with Gasteiger partial charge in [-0.05, 0) is 35.4 Å². The van der Waals surface area contributed by atoms with Crippen LogP contribution in [0.15, 0.2) is 78.9 Å². The second-order valence-corrected chi connectivity index (χ2v) is 6.25. The van der Waals surface area contributed by atoms with Crippen molar-refractivity contribution >= 4 is 11.8 Å². The number of nitrogens with zero attached hydrogens (tertiary/aromatic N) is 1. The first-order valence-electron chi connectivity index (χ1n) is 8.99. The number of rotatable bonds is 6. The molecule has 2 N–H and O–H groups in total. The number of para-hydroxylation sites is 1. The Morgan fingerprint density at radius 1 is 0.897 bits per heavy atom. The van der Waals surface area contributed by atoms with Crippen molar-refractivity contribution in [3.8, 4) is 11.8 Å². The lowest BCUT2D eigenvalue weighted by Crippen LogP contribution is -2.43. The first-order valence-corrected chi connectivity index (χ1v) is 8.99. The number of nitriles is 1. The Morgan fingerprint density at radius 3 is 2.45 bits per heavy atom. The Labute approximate surface area is 168 Å². The van der Waals surface area contributed by atoms with Gasteiger partial charge >= 0.3 is 0 Å². The van der Waals surface area contributed by atoms with Gasteiger partial charge in [0.1, 0.15) is 5.75 Å². The zero-order chi connectivity index (χ0) is 20.5. The average molecular weight is 385 g/mol. The van der Waals surface area contributed by atoms with Crippen molar-refractivity contribution in [3.63, 3.8) is 0 Å². The molecule has 0 aliphatic carbocycles. The summed E-state index contributed by atoms with van der Waals surface area (Å²) < 4.78 is 5.64. The largest absolute Gasteiger partial charge is 0.483 e. The summed E-state index contributed by atoms with van der Waals surface area (Å²) in [5, 5.41) is 8.89. The molecule has 29 heavy (non-hydrogen) atoms. The highest BCUT2D eigenvalue weighted by Crippen LogP contribution is 2.21. The number of ether oxygens (including phenoxy) is 1. The molecule has 0 heterocycles. The lowest BCUT2D eigenvalue weighted by molar-refractivity contribution is -0.123. The monoisotopic (exact) mass is 385 g/mol. The van der Waals surface area contributed by atoms with Crippen molar-refractivity contribution in [3.05, 3.63) is 101 Å². The van der Waals surface area contributed by atoms with Gasteiger partial charge in [-0.2, -0.15) is 5.26 Å². The van der Waals surface area contributed by atoms with Gasteiger partial charge in [0.05, 0.1) is 11.6 Å². The van der Waals surface area contributed by atoms with Crippen LogP contribution < -0.4 is 15.6 Å².